The Morgan fingerprint density at radius 1 is 1.37 bits per heavy atom. The zero-order valence-electron chi connectivity index (χ0n) is 10.3. The fourth-order valence-electron chi connectivity index (χ4n) is 1.48. The molecule has 0 aliphatic carbocycles. The van der Waals surface area contributed by atoms with E-state index in [1.54, 1.807) is 18.3 Å². The zero-order valence-corrected chi connectivity index (χ0v) is 10.3. The summed E-state index contributed by atoms with van der Waals surface area (Å²) in [5, 5.41) is 2.62. The summed E-state index contributed by atoms with van der Waals surface area (Å²) in [5.74, 6) is -0.827. The summed E-state index contributed by atoms with van der Waals surface area (Å²) in [4.78, 5) is 19.3. The Morgan fingerprint density at radius 2 is 2.21 bits per heavy atom. The van der Waals surface area contributed by atoms with Gasteiger partial charge in [-0.05, 0) is 25.1 Å². The highest BCUT2D eigenvalue weighted by molar-refractivity contribution is 6.04. The van der Waals surface area contributed by atoms with Crippen molar-refractivity contribution in [2.45, 2.75) is 6.92 Å². The Bertz CT molecular complexity index is 590. The van der Waals surface area contributed by atoms with Crippen LogP contribution in [-0.4, -0.2) is 22.5 Å². The van der Waals surface area contributed by atoms with E-state index in [-0.39, 0.29) is 5.56 Å². The van der Waals surface area contributed by atoms with Gasteiger partial charge >= 0.3 is 0 Å². The Labute approximate surface area is 109 Å². The van der Waals surface area contributed by atoms with Crippen molar-refractivity contribution in [3.05, 3.63) is 48.2 Å². The summed E-state index contributed by atoms with van der Waals surface area (Å²) >= 11 is 0. The van der Waals surface area contributed by atoms with Gasteiger partial charge in [0, 0.05) is 24.0 Å². The van der Waals surface area contributed by atoms with E-state index >= 15 is 0 Å². The zero-order chi connectivity index (χ0) is 13.7. The summed E-state index contributed by atoms with van der Waals surface area (Å²) < 4.78 is 18.2. The second-order valence-electron chi connectivity index (χ2n) is 3.61. The SMILES string of the molecule is CCOc1ncccc1NC(=O)c1ccnc(F)c1. The van der Waals surface area contributed by atoms with Crippen molar-refractivity contribution in [2.75, 3.05) is 11.9 Å². The lowest BCUT2D eigenvalue weighted by atomic mass is 10.2. The van der Waals surface area contributed by atoms with Gasteiger partial charge in [-0.15, -0.1) is 0 Å². The molecule has 0 saturated carbocycles. The average Bonchev–Trinajstić information content (AvgIpc) is 2.41. The summed E-state index contributed by atoms with van der Waals surface area (Å²) in [6.45, 7) is 2.25. The molecule has 19 heavy (non-hydrogen) atoms. The number of hydrogen-bond donors (Lipinski definition) is 1. The minimum Gasteiger partial charge on any atom is -0.476 e. The smallest absolute Gasteiger partial charge is 0.256 e. The van der Waals surface area contributed by atoms with E-state index < -0.39 is 11.9 Å². The van der Waals surface area contributed by atoms with Crippen LogP contribution >= 0.6 is 0 Å². The van der Waals surface area contributed by atoms with Crippen LogP contribution in [0.2, 0.25) is 0 Å². The average molecular weight is 261 g/mol. The fourth-order valence-corrected chi connectivity index (χ4v) is 1.48. The van der Waals surface area contributed by atoms with E-state index in [0.29, 0.717) is 18.2 Å². The second kappa shape index (κ2) is 5.90. The van der Waals surface area contributed by atoms with Crippen molar-refractivity contribution in [1.29, 1.82) is 0 Å². The molecule has 0 aliphatic heterocycles. The third-order valence-corrected chi connectivity index (χ3v) is 2.29. The number of halogens is 1. The van der Waals surface area contributed by atoms with Crippen molar-refractivity contribution >= 4 is 11.6 Å². The van der Waals surface area contributed by atoms with Gasteiger partial charge in [-0.25, -0.2) is 9.97 Å². The van der Waals surface area contributed by atoms with E-state index in [1.165, 1.54) is 12.3 Å². The largest absolute Gasteiger partial charge is 0.476 e. The molecule has 5 nitrogen and oxygen atoms in total. The normalized spacial score (nSPS) is 10.0. The van der Waals surface area contributed by atoms with Gasteiger partial charge in [0.15, 0.2) is 0 Å². The van der Waals surface area contributed by atoms with Crippen LogP contribution in [0.1, 0.15) is 17.3 Å². The molecule has 0 aliphatic rings. The number of pyridine rings is 2. The highest BCUT2D eigenvalue weighted by Crippen LogP contribution is 2.21. The monoisotopic (exact) mass is 261 g/mol. The van der Waals surface area contributed by atoms with E-state index in [1.807, 2.05) is 6.92 Å². The van der Waals surface area contributed by atoms with Crippen LogP contribution in [0.4, 0.5) is 10.1 Å². The summed E-state index contributed by atoms with van der Waals surface area (Å²) in [6.07, 6.45) is 2.80. The molecule has 6 heteroatoms. The third kappa shape index (κ3) is 3.25. The molecule has 2 rings (SSSR count). The topological polar surface area (TPSA) is 64.1 Å². The van der Waals surface area contributed by atoms with Crippen molar-refractivity contribution in [3.63, 3.8) is 0 Å². The lowest BCUT2D eigenvalue weighted by Gasteiger charge is -2.09. The summed E-state index contributed by atoms with van der Waals surface area (Å²) in [6, 6.07) is 5.82. The molecule has 2 aromatic rings. The minimum absolute atomic E-state index is 0.179. The maximum absolute atomic E-state index is 12.9. The minimum atomic E-state index is -0.705. The lowest BCUT2D eigenvalue weighted by Crippen LogP contribution is -2.13. The first-order valence-electron chi connectivity index (χ1n) is 5.71. The number of hydrogen-bond acceptors (Lipinski definition) is 4. The van der Waals surface area contributed by atoms with Crippen LogP contribution in [0.15, 0.2) is 36.7 Å². The first kappa shape index (κ1) is 12.9. The van der Waals surface area contributed by atoms with Crippen LogP contribution in [0.3, 0.4) is 0 Å². The van der Waals surface area contributed by atoms with Crippen LogP contribution < -0.4 is 10.1 Å². The molecular weight excluding hydrogens is 249 g/mol. The number of carbonyl (C=O) groups excluding carboxylic acids is 1. The van der Waals surface area contributed by atoms with Gasteiger partial charge in [0.1, 0.15) is 5.69 Å². The van der Waals surface area contributed by atoms with Crippen LogP contribution in [0.25, 0.3) is 0 Å². The maximum Gasteiger partial charge on any atom is 0.256 e. The van der Waals surface area contributed by atoms with E-state index in [2.05, 4.69) is 15.3 Å². The number of rotatable bonds is 4. The highest BCUT2D eigenvalue weighted by Gasteiger charge is 2.11. The Kier molecular flexibility index (Phi) is 4.02. The first-order valence-corrected chi connectivity index (χ1v) is 5.71. The second-order valence-corrected chi connectivity index (χ2v) is 3.61. The summed E-state index contributed by atoms with van der Waals surface area (Å²) in [5.41, 5.74) is 0.616. The van der Waals surface area contributed by atoms with Gasteiger partial charge in [-0.2, -0.15) is 4.39 Å². The first-order chi connectivity index (χ1) is 9.20. The van der Waals surface area contributed by atoms with E-state index in [9.17, 15) is 9.18 Å². The van der Waals surface area contributed by atoms with Gasteiger partial charge < -0.3 is 10.1 Å². The molecular formula is C13H12FN3O2. The van der Waals surface area contributed by atoms with Gasteiger partial charge in [0.05, 0.1) is 6.61 Å². The Hall–Kier alpha value is -2.50. The molecule has 0 atom stereocenters. The molecule has 0 unspecified atom stereocenters. The predicted molar refractivity (Wildman–Crippen MR) is 67.6 cm³/mol. The Morgan fingerprint density at radius 3 is 2.95 bits per heavy atom. The number of amides is 1. The molecule has 98 valence electrons. The van der Waals surface area contributed by atoms with Crippen molar-refractivity contribution in [3.8, 4) is 5.88 Å². The fraction of sp³-hybridized carbons (Fsp3) is 0.154. The molecule has 2 aromatic heterocycles. The predicted octanol–water partition coefficient (Wildman–Crippen LogP) is 2.27. The third-order valence-electron chi connectivity index (χ3n) is 2.29. The molecule has 0 radical (unpaired) electrons. The van der Waals surface area contributed by atoms with Crippen molar-refractivity contribution < 1.29 is 13.9 Å². The Balaban J connectivity index is 2.19. The van der Waals surface area contributed by atoms with Gasteiger partial charge in [-0.3, -0.25) is 4.79 Å². The van der Waals surface area contributed by atoms with Crippen LogP contribution in [0.5, 0.6) is 5.88 Å². The maximum atomic E-state index is 12.9. The molecule has 0 bridgehead atoms. The van der Waals surface area contributed by atoms with Gasteiger partial charge in [-0.1, -0.05) is 0 Å². The summed E-state index contributed by atoms with van der Waals surface area (Å²) in [7, 11) is 0. The lowest BCUT2D eigenvalue weighted by molar-refractivity contribution is 0.102. The molecule has 0 fully saturated rings. The number of carbonyl (C=O) groups is 1. The number of aromatic nitrogens is 2. The standard InChI is InChI=1S/C13H12FN3O2/c1-2-19-13-10(4-3-6-16-13)17-12(18)9-5-7-15-11(14)8-9/h3-8H,2H2,1H3,(H,17,18). The van der Waals surface area contributed by atoms with Crippen LogP contribution in [0, 0.1) is 5.95 Å². The number of anilines is 1. The number of nitrogens with one attached hydrogen (secondary N) is 1. The molecule has 0 saturated heterocycles. The molecule has 1 N–H and O–H groups in total. The van der Waals surface area contributed by atoms with Crippen LogP contribution in [-0.2, 0) is 0 Å². The molecule has 0 spiro atoms. The van der Waals surface area contributed by atoms with Gasteiger partial charge in [0.2, 0.25) is 11.8 Å². The highest BCUT2D eigenvalue weighted by atomic mass is 19.1. The molecule has 1 amide bonds. The number of ether oxygens (including phenoxy) is 1. The quantitative estimate of drug-likeness (QED) is 0.857. The number of nitrogens with zero attached hydrogens (tertiary/aromatic N) is 2. The van der Waals surface area contributed by atoms with Crippen molar-refractivity contribution in [1.82, 2.24) is 9.97 Å². The molecule has 2 heterocycles. The van der Waals surface area contributed by atoms with E-state index in [4.69, 9.17) is 4.74 Å². The molecule has 0 aromatic carbocycles. The van der Waals surface area contributed by atoms with E-state index in [0.717, 1.165) is 6.07 Å². The van der Waals surface area contributed by atoms with Crippen molar-refractivity contribution in [2.24, 2.45) is 0 Å². The van der Waals surface area contributed by atoms with Gasteiger partial charge in [0.25, 0.3) is 5.91 Å².